The molecule has 0 aliphatic heterocycles. The maximum absolute atomic E-state index is 12.8. The van der Waals surface area contributed by atoms with Gasteiger partial charge in [0.2, 0.25) is 10.0 Å². The van der Waals surface area contributed by atoms with Gasteiger partial charge in [0, 0.05) is 5.56 Å². The van der Waals surface area contributed by atoms with Crippen LogP contribution in [0.3, 0.4) is 0 Å². The Morgan fingerprint density at radius 3 is 2.33 bits per heavy atom. The molecule has 3 unspecified atom stereocenters. The Bertz CT molecular complexity index is 1230. The van der Waals surface area contributed by atoms with E-state index in [4.69, 9.17) is 0 Å². The quantitative estimate of drug-likeness (QED) is 0.320. The Kier molecular flexibility index (Phi) is 8.90. The van der Waals surface area contributed by atoms with Crippen molar-refractivity contribution in [2.75, 3.05) is 5.75 Å². The highest BCUT2D eigenvalue weighted by Crippen LogP contribution is 2.69. The summed E-state index contributed by atoms with van der Waals surface area (Å²) in [7, 11) is -3.89. The van der Waals surface area contributed by atoms with Gasteiger partial charge in [0.1, 0.15) is 0 Å². The van der Waals surface area contributed by atoms with Gasteiger partial charge in [-0.3, -0.25) is 4.79 Å². The third kappa shape index (κ3) is 5.91. The van der Waals surface area contributed by atoms with Crippen LogP contribution in [0.15, 0.2) is 24.3 Å². The van der Waals surface area contributed by atoms with Crippen molar-refractivity contribution >= 4 is 15.9 Å². The van der Waals surface area contributed by atoms with Gasteiger partial charge in [-0.05, 0) is 134 Å². The van der Waals surface area contributed by atoms with Crippen LogP contribution in [-0.4, -0.2) is 20.1 Å². The zero-order valence-corrected chi connectivity index (χ0v) is 26.6. The van der Waals surface area contributed by atoms with Crippen LogP contribution in [-0.2, 0) is 16.2 Å². The van der Waals surface area contributed by atoms with E-state index in [1.165, 1.54) is 64.2 Å². The van der Waals surface area contributed by atoms with Crippen molar-refractivity contribution in [2.24, 2.45) is 52.3 Å². The van der Waals surface area contributed by atoms with Crippen molar-refractivity contribution in [2.45, 2.75) is 111 Å². The number of carbonyl (C=O) groups is 1. The Hall–Kier alpha value is -1.57. The van der Waals surface area contributed by atoms with Gasteiger partial charge in [0.15, 0.2) is 0 Å². The van der Waals surface area contributed by atoms with E-state index in [0.717, 1.165) is 60.3 Å². The average molecular weight is 610 g/mol. The van der Waals surface area contributed by atoms with Crippen LogP contribution in [0.4, 0.5) is 13.2 Å². The summed E-state index contributed by atoms with van der Waals surface area (Å²) in [6, 6.07) is 3.59. The first-order chi connectivity index (χ1) is 19.7. The molecule has 236 valence electrons. The highest BCUT2D eigenvalue weighted by molar-refractivity contribution is 7.90. The van der Waals surface area contributed by atoms with E-state index in [0.29, 0.717) is 29.1 Å². The molecule has 8 heteroatoms. The van der Waals surface area contributed by atoms with Gasteiger partial charge in [-0.15, -0.1) is 0 Å². The molecule has 42 heavy (non-hydrogen) atoms. The van der Waals surface area contributed by atoms with Gasteiger partial charge in [-0.1, -0.05) is 47.0 Å². The van der Waals surface area contributed by atoms with Gasteiger partial charge >= 0.3 is 6.18 Å². The van der Waals surface area contributed by atoms with Gasteiger partial charge in [-0.25, -0.2) is 13.1 Å². The minimum Gasteiger partial charge on any atom is -0.268 e. The fourth-order valence-corrected chi connectivity index (χ4v) is 11.9. The van der Waals surface area contributed by atoms with Crippen LogP contribution >= 0.6 is 0 Å². The summed E-state index contributed by atoms with van der Waals surface area (Å²) in [6.07, 6.45) is 10.2. The molecule has 0 saturated heterocycles. The van der Waals surface area contributed by atoms with Crippen LogP contribution in [0.25, 0.3) is 0 Å². The summed E-state index contributed by atoms with van der Waals surface area (Å²) in [6.45, 7) is 9.87. The summed E-state index contributed by atoms with van der Waals surface area (Å²) in [5.41, 5.74) is -0.173. The first-order valence-electron chi connectivity index (χ1n) is 16.4. The van der Waals surface area contributed by atoms with Crippen LogP contribution in [0.2, 0.25) is 0 Å². The SMILES string of the molecule is CC[C@H]1CC2C3CC[C@H]([C@H](C)CCCS(=O)(=O)NC(=O)c4ccc(C(F)(F)F)cc4)[C@@]3(C)CCC2[C@@]2(C)CCCC[C@@H]12. The maximum atomic E-state index is 12.8. The smallest absolute Gasteiger partial charge is 0.268 e. The third-order valence-electron chi connectivity index (χ3n) is 12.8. The summed E-state index contributed by atoms with van der Waals surface area (Å²) in [4.78, 5) is 12.4. The van der Waals surface area contributed by atoms with Crippen LogP contribution in [0, 0.1) is 52.3 Å². The van der Waals surface area contributed by atoms with Crippen LogP contribution in [0.1, 0.15) is 121 Å². The average Bonchev–Trinajstić information content (AvgIpc) is 3.29. The van der Waals surface area contributed by atoms with E-state index in [9.17, 15) is 26.4 Å². The second-order valence-electron chi connectivity index (χ2n) is 14.8. The second kappa shape index (κ2) is 11.7. The van der Waals surface area contributed by atoms with Gasteiger partial charge in [-0.2, -0.15) is 13.2 Å². The summed E-state index contributed by atoms with van der Waals surface area (Å²) in [5.74, 6) is 4.14. The van der Waals surface area contributed by atoms with E-state index in [-0.39, 0.29) is 11.3 Å². The number of amides is 1. The Labute approximate surface area is 251 Å². The predicted molar refractivity (Wildman–Crippen MR) is 160 cm³/mol. The topological polar surface area (TPSA) is 63.2 Å². The molecule has 4 saturated carbocycles. The molecule has 9 atom stereocenters. The number of fused-ring (bicyclic) bond motifs is 5. The minimum absolute atomic E-state index is 0.109. The highest BCUT2D eigenvalue weighted by atomic mass is 32.2. The normalized spacial score (nSPS) is 37.3. The third-order valence-corrected chi connectivity index (χ3v) is 14.2. The van der Waals surface area contributed by atoms with Crippen molar-refractivity contribution in [3.8, 4) is 0 Å². The Balaban J connectivity index is 1.17. The number of alkyl halides is 3. The minimum atomic E-state index is -4.52. The molecule has 0 aromatic heterocycles. The highest BCUT2D eigenvalue weighted by Gasteiger charge is 2.61. The van der Waals surface area contributed by atoms with Gasteiger partial charge < -0.3 is 0 Å². The summed E-state index contributed by atoms with van der Waals surface area (Å²) >= 11 is 0. The molecule has 4 aliphatic rings. The van der Waals surface area contributed by atoms with Crippen molar-refractivity contribution in [1.82, 2.24) is 4.72 Å². The van der Waals surface area contributed by atoms with Crippen LogP contribution < -0.4 is 4.72 Å². The molecule has 0 spiro atoms. The molecule has 1 aromatic carbocycles. The van der Waals surface area contributed by atoms with E-state index in [1.807, 2.05) is 4.72 Å². The van der Waals surface area contributed by atoms with E-state index < -0.39 is 27.7 Å². The fourth-order valence-electron chi connectivity index (χ4n) is 10.9. The van der Waals surface area contributed by atoms with Crippen molar-refractivity contribution in [3.05, 3.63) is 35.4 Å². The lowest BCUT2D eigenvalue weighted by Crippen LogP contribution is -2.55. The molecule has 4 aliphatic carbocycles. The first kappa shape index (κ1) is 31.8. The maximum Gasteiger partial charge on any atom is 0.416 e. The molecule has 4 nitrogen and oxygen atoms in total. The number of benzene rings is 1. The van der Waals surface area contributed by atoms with E-state index >= 15 is 0 Å². The van der Waals surface area contributed by atoms with E-state index in [1.54, 1.807) is 0 Å². The monoisotopic (exact) mass is 609 g/mol. The number of carbonyl (C=O) groups excluding carboxylic acids is 1. The zero-order chi connectivity index (χ0) is 30.5. The molecule has 0 radical (unpaired) electrons. The predicted octanol–water partition coefficient (Wildman–Crippen LogP) is 8.87. The number of hydrogen-bond donors (Lipinski definition) is 1. The molecule has 4 fully saturated rings. The zero-order valence-electron chi connectivity index (χ0n) is 25.8. The molecule has 0 bridgehead atoms. The molecule has 1 N–H and O–H groups in total. The van der Waals surface area contributed by atoms with Crippen molar-refractivity contribution in [1.29, 1.82) is 0 Å². The molecule has 1 amide bonds. The number of rotatable bonds is 8. The molecular formula is C34H50F3NO3S. The first-order valence-corrected chi connectivity index (χ1v) is 18.1. The number of sulfonamides is 1. The van der Waals surface area contributed by atoms with Crippen LogP contribution in [0.5, 0.6) is 0 Å². The largest absolute Gasteiger partial charge is 0.416 e. The molecule has 1 aromatic rings. The summed E-state index contributed by atoms with van der Waals surface area (Å²) in [5, 5.41) is 0. The fraction of sp³-hybridized carbons (Fsp3) is 0.794. The lowest BCUT2D eigenvalue weighted by atomic mass is 9.42. The lowest BCUT2D eigenvalue weighted by molar-refractivity contribution is -0.138. The number of nitrogens with one attached hydrogen (secondary N) is 1. The Morgan fingerprint density at radius 2 is 1.67 bits per heavy atom. The van der Waals surface area contributed by atoms with Gasteiger partial charge in [0.05, 0.1) is 11.3 Å². The van der Waals surface area contributed by atoms with Crippen molar-refractivity contribution < 1.29 is 26.4 Å². The van der Waals surface area contributed by atoms with E-state index in [2.05, 4.69) is 27.7 Å². The Morgan fingerprint density at radius 1 is 0.976 bits per heavy atom. The molecule has 5 rings (SSSR count). The second-order valence-corrected chi connectivity index (χ2v) is 16.7. The standard InChI is InChI=1S/C34H50F3NO3S/c1-5-23-21-26-29-16-15-27(33(29,4)19-17-30(26)32(3)18-7-6-10-28(23)32)22(2)9-8-20-42(40,41)38-31(39)24-11-13-25(14-12-24)34(35,36)37/h11-14,22-23,26-30H,5-10,15-21H2,1-4H3,(H,38,39)/t22-,23+,26?,27-,28+,29?,30?,32+,33-/m1/s1. The molecule has 0 heterocycles. The number of hydrogen-bond acceptors (Lipinski definition) is 3. The number of halogens is 3. The molecular weight excluding hydrogens is 559 g/mol. The van der Waals surface area contributed by atoms with Gasteiger partial charge in [0.25, 0.3) is 5.91 Å². The lowest BCUT2D eigenvalue weighted by Gasteiger charge is -2.63. The van der Waals surface area contributed by atoms with Crippen molar-refractivity contribution in [3.63, 3.8) is 0 Å². The summed E-state index contributed by atoms with van der Waals surface area (Å²) < 4.78 is 65.8.